The maximum atomic E-state index is 10.9. The number of nitrogen functional groups attached to an aromatic ring is 1. The Kier molecular flexibility index (Phi) is 0.974. The lowest BCUT2D eigenvalue weighted by molar-refractivity contribution is 0.988. The molecule has 0 bridgehead atoms. The molecule has 3 N–H and O–H groups in total. The van der Waals surface area contributed by atoms with Crippen LogP contribution in [0.3, 0.4) is 0 Å². The van der Waals surface area contributed by atoms with Gasteiger partial charge in [0.2, 0.25) is 0 Å². The summed E-state index contributed by atoms with van der Waals surface area (Å²) >= 11 is 0. The van der Waals surface area contributed by atoms with Gasteiger partial charge in [-0.2, -0.15) is 5.10 Å². The van der Waals surface area contributed by atoms with Gasteiger partial charge in [0, 0.05) is 0 Å². The highest BCUT2D eigenvalue weighted by Gasteiger charge is 2.02. The average Bonchev–Trinajstić information content (AvgIpc) is 2.35. The number of nitrogens with one attached hydrogen (secondary N) is 1. The van der Waals surface area contributed by atoms with Crippen molar-refractivity contribution >= 4 is 11.0 Å². The highest BCUT2D eigenvalue weighted by Crippen LogP contribution is 2.00. The molecule has 0 saturated carbocycles. The van der Waals surface area contributed by atoms with Crippen molar-refractivity contribution in [2.45, 2.75) is 0 Å². The quantitative estimate of drug-likeness (QED) is 0.464. The van der Waals surface area contributed by atoms with Crippen LogP contribution in [0.25, 0.3) is 11.0 Å². The summed E-state index contributed by atoms with van der Waals surface area (Å²) in [7, 11) is 0. The van der Waals surface area contributed by atoms with Crippen molar-refractivity contribution in [2.75, 3.05) is 5.84 Å². The fourth-order valence-corrected chi connectivity index (χ4v) is 0.878. The molecule has 0 aliphatic carbocycles. The standard InChI is InChI=1S/C5H5N5O/c6-10-2-7-4-3(10)1-8-9-5(4)11/h1-2H,6H2,(H,9,11). The van der Waals surface area contributed by atoms with E-state index in [9.17, 15) is 4.79 Å². The number of H-pyrrole nitrogens is 1. The average molecular weight is 151 g/mol. The molecule has 0 unspecified atom stereocenters. The lowest BCUT2D eigenvalue weighted by Gasteiger charge is -1.89. The first-order valence-electron chi connectivity index (χ1n) is 2.95. The van der Waals surface area contributed by atoms with E-state index in [0.717, 1.165) is 0 Å². The zero-order valence-corrected chi connectivity index (χ0v) is 5.48. The minimum absolute atomic E-state index is 0.308. The summed E-state index contributed by atoms with van der Waals surface area (Å²) in [4.78, 5) is 14.7. The van der Waals surface area contributed by atoms with E-state index in [0.29, 0.717) is 11.0 Å². The number of imidazole rings is 1. The van der Waals surface area contributed by atoms with E-state index < -0.39 is 0 Å². The Morgan fingerprint density at radius 3 is 3.18 bits per heavy atom. The number of nitrogens with zero attached hydrogens (tertiary/aromatic N) is 3. The van der Waals surface area contributed by atoms with Gasteiger partial charge >= 0.3 is 0 Å². The number of fused-ring (bicyclic) bond motifs is 1. The van der Waals surface area contributed by atoms with Gasteiger partial charge in [-0.3, -0.25) is 4.79 Å². The predicted octanol–water partition coefficient (Wildman–Crippen LogP) is -1.17. The maximum Gasteiger partial charge on any atom is 0.292 e. The van der Waals surface area contributed by atoms with Gasteiger partial charge in [0.25, 0.3) is 5.56 Å². The largest absolute Gasteiger partial charge is 0.338 e. The second-order valence-corrected chi connectivity index (χ2v) is 2.08. The summed E-state index contributed by atoms with van der Waals surface area (Å²) in [6.45, 7) is 0. The smallest absolute Gasteiger partial charge is 0.292 e. The summed E-state index contributed by atoms with van der Waals surface area (Å²) in [5, 5.41) is 5.82. The molecule has 0 atom stereocenters. The van der Waals surface area contributed by atoms with Gasteiger partial charge in [-0.25, -0.2) is 14.8 Å². The molecule has 0 aromatic carbocycles. The molecule has 2 heterocycles. The Morgan fingerprint density at radius 1 is 1.64 bits per heavy atom. The van der Waals surface area contributed by atoms with Crippen LogP contribution in [0.2, 0.25) is 0 Å². The Morgan fingerprint density at radius 2 is 2.45 bits per heavy atom. The SMILES string of the molecule is Nn1cnc2c(=O)[nH]ncc21. The van der Waals surface area contributed by atoms with Crippen molar-refractivity contribution < 1.29 is 0 Å². The van der Waals surface area contributed by atoms with Crippen molar-refractivity contribution in [1.82, 2.24) is 19.9 Å². The Bertz CT molecular complexity index is 441. The van der Waals surface area contributed by atoms with Gasteiger partial charge in [0.05, 0.1) is 6.20 Å². The molecule has 0 aliphatic rings. The number of nitrogens with two attached hydrogens (primary N) is 1. The second-order valence-electron chi connectivity index (χ2n) is 2.08. The minimum atomic E-state index is -0.327. The minimum Gasteiger partial charge on any atom is -0.338 e. The van der Waals surface area contributed by atoms with E-state index in [1.165, 1.54) is 17.2 Å². The van der Waals surface area contributed by atoms with Crippen LogP contribution in [0.1, 0.15) is 0 Å². The number of aromatic amines is 1. The topological polar surface area (TPSA) is 89.6 Å². The van der Waals surface area contributed by atoms with E-state index >= 15 is 0 Å². The van der Waals surface area contributed by atoms with Crippen LogP contribution in [-0.4, -0.2) is 19.9 Å². The first-order valence-corrected chi connectivity index (χ1v) is 2.95. The molecule has 0 saturated heterocycles. The van der Waals surface area contributed by atoms with E-state index in [1.54, 1.807) is 0 Å². The molecule has 56 valence electrons. The van der Waals surface area contributed by atoms with Crippen LogP contribution >= 0.6 is 0 Å². The maximum absolute atomic E-state index is 10.9. The predicted molar refractivity (Wildman–Crippen MR) is 38.3 cm³/mol. The summed E-state index contributed by atoms with van der Waals surface area (Å²) in [6, 6.07) is 0. The molecule has 2 aromatic heterocycles. The molecule has 6 heteroatoms. The molecule has 0 radical (unpaired) electrons. The molecule has 2 aromatic rings. The molecule has 0 fully saturated rings. The molecule has 2 rings (SSSR count). The number of hydrogen-bond donors (Lipinski definition) is 2. The highest BCUT2D eigenvalue weighted by atomic mass is 16.1. The van der Waals surface area contributed by atoms with E-state index in [-0.39, 0.29) is 5.56 Å². The van der Waals surface area contributed by atoms with Crippen molar-refractivity contribution in [2.24, 2.45) is 0 Å². The lowest BCUT2D eigenvalue weighted by Crippen LogP contribution is -2.10. The normalized spacial score (nSPS) is 10.5. The van der Waals surface area contributed by atoms with Crippen LogP contribution in [0.4, 0.5) is 0 Å². The molecule has 0 aliphatic heterocycles. The molecule has 11 heavy (non-hydrogen) atoms. The molecular weight excluding hydrogens is 146 g/mol. The molecule has 0 spiro atoms. The van der Waals surface area contributed by atoms with Crippen LogP contribution in [0, 0.1) is 0 Å². The summed E-state index contributed by atoms with van der Waals surface area (Å²) in [5.41, 5.74) is 0.503. The summed E-state index contributed by atoms with van der Waals surface area (Å²) < 4.78 is 1.25. The van der Waals surface area contributed by atoms with Crippen molar-refractivity contribution in [1.29, 1.82) is 0 Å². The van der Waals surface area contributed by atoms with Crippen molar-refractivity contribution in [3.63, 3.8) is 0 Å². The van der Waals surface area contributed by atoms with Gasteiger partial charge in [-0.15, -0.1) is 0 Å². The third kappa shape index (κ3) is 0.689. The fourth-order valence-electron chi connectivity index (χ4n) is 0.878. The third-order valence-electron chi connectivity index (χ3n) is 1.40. The van der Waals surface area contributed by atoms with E-state index in [1.807, 2.05) is 0 Å². The monoisotopic (exact) mass is 151 g/mol. The van der Waals surface area contributed by atoms with Gasteiger partial charge < -0.3 is 5.84 Å². The number of rotatable bonds is 0. The Labute approximate surface area is 60.6 Å². The summed E-state index contributed by atoms with van der Waals surface area (Å²) in [6.07, 6.45) is 2.81. The van der Waals surface area contributed by atoms with Crippen molar-refractivity contribution in [3.8, 4) is 0 Å². The first kappa shape index (κ1) is 5.90. The van der Waals surface area contributed by atoms with E-state index in [2.05, 4.69) is 15.2 Å². The van der Waals surface area contributed by atoms with Gasteiger partial charge in [-0.1, -0.05) is 0 Å². The Hall–Kier alpha value is -1.85. The van der Waals surface area contributed by atoms with Crippen molar-refractivity contribution in [3.05, 3.63) is 22.9 Å². The zero-order chi connectivity index (χ0) is 7.84. The number of hydrogen-bond acceptors (Lipinski definition) is 4. The lowest BCUT2D eigenvalue weighted by atomic mass is 10.5. The van der Waals surface area contributed by atoms with Crippen LogP contribution in [0.15, 0.2) is 17.3 Å². The van der Waals surface area contributed by atoms with Gasteiger partial charge in [0.1, 0.15) is 11.8 Å². The van der Waals surface area contributed by atoms with Crippen LogP contribution in [0.5, 0.6) is 0 Å². The highest BCUT2D eigenvalue weighted by molar-refractivity contribution is 5.72. The van der Waals surface area contributed by atoms with Gasteiger partial charge in [-0.05, 0) is 0 Å². The van der Waals surface area contributed by atoms with Crippen LogP contribution in [-0.2, 0) is 0 Å². The third-order valence-corrected chi connectivity index (χ3v) is 1.40. The summed E-state index contributed by atoms with van der Waals surface area (Å²) in [5.74, 6) is 5.41. The van der Waals surface area contributed by atoms with Gasteiger partial charge in [0.15, 0.2) is 5.52 Å². The molecular formula is C5H5N5O. The number of aromatic nitrogens is 4. The molecule has 6 nitrogen and oxygen atoms in total. The fraction of sp³-hybridized carbons (Fsp3) is 0. The van der Waals surface area contributed by atoms with Crippen LogP contribution < -0.4 is 11.4 Å². The van der Waals surface area contributed by atoms with E-state index in [4.69, 9.17) is 5.84 Å². The second kappa shape index (κ2) is 1.82. The Balaban J connectivity index is 3.06. The molecule has 0 amide bonds. The first-order chi connectivity index (χ1) is 5.29. The zero-order valence-electron chi connectivity index (χ0n) is 5.48.